The second kappa shape index (κ2) is 6.30. The minimum absolute atomic E-state index is 0.00948. The highest BCUT2D eigenvalue weighted by atomic mass is 16.5. The third-order valence-corrected chi connectivity index (χ3v) is 4.53. The lowest BCUT2D eigenvalue weighted by atomic mass is 10.00. The Morgan fingerprint density at radius 2 is 2.00 bits per heavy atom. The summed E-state index contributed by atoms with van der Waals surface area (Å²) in [5, 5.41) is 0. The minimum atomic E-state index is -0.434. The van der Waals surface area contributed by atoms with Crippen molar-refractivity contribution < 1.29 is 14.3 Å². The Kier molecular flexibility index (Phi) is 4.40. The second-order valence-corrected chi connectivity index (χ2v) is 6.13. The maximum Gasteiger partial charge on any atom is 0.267 e. The summed E-state index contributed by atoms with van der Waals surface area (Å²) in [6.07, 6.45) is 1.61. The van der Waals surface area contributed by atoms with Crippen molar-refractivity contribution in [1.29, 1.82) is 0 Å². The normalized spacial score (nSPS) is 21.8. The molecular weight excluding hydrogens is 279 g/mol. The van der Waals surface area contributed by atoms with Crippen molar-refractivity contribution in [2.75, 3.05) is 38.3 Å². The lowest BCUT2D eigenvalue weighted by molar-refractivity contribution is -0.125. The summed E-state index contributed by atoms with van der Waals surface area (Å²) in [5.74, 6) is 0.835. The van der Waals surface area contributed by atoms with E-state index in [-0.39, 0.29) is 5.91 Å². The summed E-state index contributed by atoms with van der Waals surface area (Å²) in [4.78, 5) is 16.6. The van der Waals surface area contributed by atoms with Crippen LogP contribution in [0.4, 0.5) is 5.69 Å². The summed E-state index contributed by atoms with van der Waals surface area (Å²) < 4.78 is 11.0. The van der Waals surface area contributed by atoms with Gasteiger partial charge in [-0.05, 0) is 56.1 Å². The first kappa shape index (κ1) is 15.4. The van der Waals surface area contributed by atoms with Gasteiger partial charge in [0.1, 0.15) is 5.75 Å². The Balaban J connectivity index is 1.98. The van der Waals surface area contributed by atoms with E-state index < -0.39 is 6.10 Å². The van der Waals surface area contributed by atoms with Gasteiger partial charge in [-0.2, -0.15) is 0 Å². The molecule has 2 aliphatic heterocycles. The third kappa shape index (κ3) is 2.85. The van der Waals surface area contributed by atoms with Gasteiger partial charge in [0.2, 0.25) is 0 Å². The summed E-state index contributed by atoms with van der Waals surface area (Å²) >= 11 is 0. The van der Waals surface area contributed by atoms with Gasteiger partial charge in [0.15, 0.2) is 14.1 Å². The molecule has 0 fully saturated rings. The molecule has 5 nitrogen and oxygen atoms in total. The number of benzene rings is 1. The van der Waals surface area contributed by atoms with E-state index in [1.54, 1.807) is 7.11 Å². The maximum atomic E-state index is 12.4. The van der Waals surface area contributed by atoms with Crippen molar-refractivity contribution in [2.45, 2.75) is 25.9 Å². The highest BCUT2D eigenvalue weighted by molar-refractivity contribution is 6.04. The predicted molar refractivity (Wildman–Crippen MR) is 88.3 cm³/mol. The number of amides is 1. The van der Waals surface area contributed by atoms with Gasteiger partial charge in [-0.1, -0.05) is 0 Å². The SMILES string of the molecule is BN1CCc2cc3c(cc2CC1)N(CCOC)C(=O)C(C)O3. The van der Waals surface area contributed by atoms with Crippen LogP contribution in [-0.2, 0) is 22.4 Å². The Hall–Kier alpha value is -1.53. The number of hydrogen-bond acceptors (Lipinski definition) is 4. The monoisotopic (exact) mass is 302 g/mol. The molecule has 22 heavy (non-hydrogen) atoms. The van der Waals surface area contributed by atoms with Crippen LogP contribution in [0.25, 0.3) is 0 Å². The Bertz CT molecular complexity index is 579. The molecule has 6 heteroatoms. The van der Waals surface area contributed by atoms with Crippen LogP contribution in [0.5, 0.6) is 5.75 Å². The van der Waals surface area contributed by atoms with Crippen LogP contribution in [0.3, 0.4) is 0 Å². The summed E-state index contributed by atoms with van der Waals surface area (Å²) in [7, 11) is 3.81. The highest BCUT2D eigenvalue weighted by Gasteiger charge is 2.32. The van der Waals surface area contributed by atoms with Gasteiger partial charge in [0, 0.05) is 13.7 Å². The van der Waals surface area contributed by atoms with E-state index in [1.807, 2.05) is 11.8 Å². The van der Waals surface area contributed by atoms with Crippen LogP contribution in [-0.4, -0.2) is 58.2 Å². The van der Waals surface area contributed by atoms with Crippen molar-refractivity contribution >= 4 is 19.6 Å². The van der Waals surface area contributed by atoms with E-state index in [9.17, 15) is 4.79 Å². The highest BCUT2D eigenvalue weighted by Crippen LogP contribution is 2.37. The van der Waals surface area contributed by atoms with Gasteiger partial charge in [-0.3, -0.25) is 4.79 Å². The number of anilines is 1. The topological polar surface area (TPSA) is 42.0 Å². The van der Waals surface area contributed by atoms with Crippen LogP contribution < -0.4 is 9.64 Å². The molecule has 118 valence electrons. The van der Waals surface area contributed by atoms with Crippen molar-refractivity contribution in [3.05, 3.63) is 23.3 Å². The molecule has 1 amide bonds. The van der Waals surface area contributed by atoms with Crippen molar-refractivity contribution in [3.8, 4) is 5.75 Å². The van der Waals surface area contributed by atoms with Crippen LogP contribution in [0.15, 0.2) is 12.1 Å². The second-order valence-electron chi connectivity index (χ2n) is 6.13. The first-order valence-corrected chi connectivity index (χ1v) is 7.91. The molecule has 0 spiro atoms. The fourth-order valence-electron chi connectivity index (χ4n) is 3.15. The third-order valence-electron chi connectivity index (χ3n) is 4.53. The molecule has 1 unspecified atom stereocenters. The Labute approximate surface area is 132 Å². The summed E-state index contributed by atoms with van der Waals surface area (Å²) in [5.41, 5.74) is 3.57. The first-order chi connectivity index (χ1) is 10.6. The number of carbonyl (C=O) groups is 1. The number of ether oxygens (including phenoxy) is 2. The molecule has 2 heterocycles. The zero-order valence-corrected chi connectivity index (χ0v) is 13.6. The number of nitrogens with zero attached hydrogens (tertiary/aromatic N) is 2. The Morgan fingerprint density at radius 1 is 1.32 bits per heavy atom. The van der Waals surface area contributed by atoms with Crippen LogP contribution in [0, 0.1) is 0 Å². The summed E-state index contributed by atoms with van der Waals surface area (Å²) in [6.45, 7) is 5.01. The van der Waals surface area contributed by atoms with Crippen molar-refractivity contribution in [2.24, 2.45) is 0 Å². The predicted octanol–water partition coefficient (Wildman–Crippen LogP) is 0.396. The lowest BCUT2D eigenvalue weighted by Crippen LogP contribution is -2.46. The summed E-state index contributed by atoms with van der Waals surface area (Å²) in [6, 6.07) is 4.27. The van der Waals surface area contributed by atoms with Crippen LogP contribution >= 0.6 is 0 Å². The molecular formula is C16H23BN2O3. The molecule has 1 atom stereocenters. The smallest absolute Gasteiger partial charge is 0.267 e. The molecule has 0 aromatic heterocycles. The average molecular weight is 302 g/mol. The molecule has 1 aromatic carbocycles. The fourth-order valence-corrected chi connectivity index (χ4v) is 3.15. The van der Waals surface area contributed by atoms with Gasteiger partial charge >= 0.3 is 0 Å². The molecule has 0 saturated carbocycles. The minimum Gasteiger partial charge on any atom is -0.479 e. The van der Waals surface area contributed by atoms with E-state index in [2.05, 4.69) is 24.9 Å². The van der Waals surface area contributed by atoms with Crippen molar-refractivity contribution in [1.82, 2.24) is 4.81 Å². The standard InChI is InChI=1S/C16H23BN2O3/c1-11-16(20)19(7-8-21-2)14-9-12-3-5-18(17)6-4-13(12)10-15(14)22-11/h9-11H,3-8,17H2,1-2H3. The van der Waals surface area contributed by atoms with Gasteiger partial charge < -0.3 is 19.2 Å². The van der Waals surface area contributed by atoms with Gasteiger partial charge in [0.25, 0.3) is 5.91 Å². The zero-order valence-electron chi connectivity index (χ0n) is 13.6. The van der Waals surface area contributed by atoms with E-state index in [0.717, 1.165) is 37.4 Å². The number of hydrogen-bond donors (Lipinski definition) is 0. The molecule has 0 saturated heterocycles. The quantitative estimate of drug-likeness (QED) is 0.758. The van der Waals surface area contributed by atoms with E-state index in [1.165, 1.54) is 11.1 Å². The van der Waals surface area contributed by atoms with Crippen molar-refractivity contribution in [3.63, 3.8) is 0 Å². The lowest BCUT2D eigenvalue weighted by Gasteiger charge is -2.33. The zero-order chi connectivity index (χ0) is 15.7. The molecule has 0 radical (unpaired) electrons. The average Bonchev–Trinajstić information content (AvgIpc) is 2.68. The largest absolute Gasteiger partial charge is 0.479 e. The molecule has 1 aromatic rings. The Morgan fingerprint density at radius 3 is 2.68 bits per heavy atom. The van der Waals surface area contributed by atoms with Gasteiger partial charge in [-0.25, -0.2) is 0 Å². The molecule has 0 bridgehead atoms. The molecule has 0 N–H and O–H groups in total. The number of rotatable bonds is 3. The van der Waals surface area contributed by atoms with E-state index in [0.29, 0.717) is 13.2 Å². The van der Waals surface area contributed by atoms with Gasteiger partial charge in [-0.15, -0.1) is 0 Å². The van der Waals surface area contributed by atoms with Crippen LogP contribution in [0.1, 0.15) is 18.1 Å². The number of fused-ring (bicyclic) bond motifs is 2. The molecule has 3 rings (SSSR count). The first-order valence-electron chi connectivity index (χ1n) is 7.91. The van der Waals surface area contributed by atoms with E-state index >= 15 is 0 Å². The fraction of sp³-hybridized carbons (Fsp3) is 0.562. The number of carbonyl (C=O) groups excluding carboxylic acids is 1. The maximum absolute atomic E-state index is 12.4. The molecule has 2 aliphatic rings. The van der Waals surface area contributed by atoms with Crippen LogP contribution in [0.2, 0.25) is 0 Å². The van der Waals surface area contributed by atoms with E-state index in [4.69, 9.17) is 9.47 Å². The molecule has 0 aliphatic carbocycles. The van der Waals surface area contributed by atoms with Gasteiger partial charge in [0.05, 0.1) is 12.3 Å². The number of methoxy groups -OCH3 is 1.